The zero-order valence-electron chi connectivity index (χ0n) is 15.0. The number of H-pyrrole nitrogens is 1. The molecule has 0 fully saturated rings. The maximum atomic E-state index is 12.5. The van der Waals surface area contributed by atoms with Gasteiger partial charge in [0.25, 0.3) is 0 Å². The van der Waals surface area contributed by atoms with E-state index < -0.39 is 0 Å². The molecule has 0 bridgehead atoms. The Hall–Kier alpha value is -2.36. The van der Waals surface area contributed by atoms with E-state index in [0.29, 0.717) is 12.8 Å². The molecule has 0 saturated heterocycles. The summed E-state index contributed by atoms with van der Waals surface area (Å²) in [5.74, 6) is 0.0590. The summed E-state index contributed by atoms with van der Waals surface area (Å²) in [6.45, 7) is 4.55. The Kier molecular flexibility index (Phi) is 5.07. The van der Waals surface area contributed by atoms with Gasteiger partial charge in [0.05, 0.1) is 6.04 Å². The summed E-state index contributed by atoms with van der Waals surface area (Å²) in [5.41, 5.74) is 3.65. The molecule has 4 heteroatoms. The Balaban J connectivity index is 1.68. The summed E-state index contributed by atoms with van der Waals surface area (Å²) in [5, 5.41) is 3.24. The highest BCUT2D eigenvalue weighted by molar-refractivity contribution is 5.76. The lowest BCUT2D eigenvalue weighted by atomic mass is 9.83. The van der Waals surface area contributed by atoms with Crippen LogP contribution in [0.1, 0.15) is 55.8 Å². The number of aromatic amines is 1. The number of benzene rings is 1. The minimum absolute atomic E-state index is 0.0590. The minimum atomic E-state index is -0.120. The summed E-state index contributed by atoms with van der Waals surface area (Å²) in [7, 11) is 0. The predicted octanol–water partition coefficient (Wildman–Crippen LogP) is 3.53. The molecule has 1 aromatic heterocycles. The number of rotatable bonds is 4. The van der Waals surface area contributed by atoms with Crippen LogP contribution in [-0.4, -0.2) is 10.9 Å². The van der Waals surface area contributed by atoms with Crippen molar-refractivity contribution in [2.75, 3.05) is 0 Å². The molecule has 1 aromatic carbocycles. The van der Waals surface area contributed by atoms with Crippen LogP contribution in [0.4, 0.5) is 0 Å². The average Bonchev–Trinajstić information content (AvgIpc) is 2.71. The molecule has 1 atom stereocenters. The fraction of sp³-hybridized carbons (Fsp3) is 0.429. The summed E-state index contributed by atoms with van der Waals surface area (Å²) < 4.78 is 0. The lowest BCUT2D eigenvalue weighted by Gasteiger charge is -2.27. The first-order valence-corrected chi connectivity index (χ1v) is 8.98. The molecule has 1 aliphatic carbocycles. The van der Waals surface area contributed by atoms with E-state index in [1.807, 2.05) is 0 Å². The number of nitrogens with one attached hydrogen (secondary N) is 2. The van der Waals surface area contributed by atoms with Gasteiger partial charge in [-0.1, -0.05) is 44.2 Å². The molecule has 1 unspecified atom stereocenters. The van der Waals surface area contributed by atoms with Crippen molar-refractivity contribution in [1.82, 2.24) is 10.3 Å². The van der Waals surface area contributed by atoms with Crippen LogP contribution in [0.15, 0.2) is 47.4 Å². The largest absolute Gasteiger partial charge is 0.349 e. The topological polar surface area (TPSA) is 62.0 Å². The molecule has 1 amide bonds. The minimum Gasteiger partial charge on any atom is -0.349 e. The zero-order chi connectivity index (χ0) is 17.9. The fourth-order valence-corrected chi connectivity index (χ4v) is 3.59. The molecule has 3 rings (SSSR count). The Labute approximate surface area is 148 Å². The van der Waals surface area contributed by atoms with E-state index in [9.17, 15) is 9.59 Å². The number of carbonyl (C=O) groups excluding carboxylic acids is 1. The second-order valence-corrected chi connectivity index (χ2v) is 7.75. The first kappa shape index (κ1) is 17.5. The van der Waals surface area contributed by atoms with Gasteiger partial charge in [-0.2, -0.15) is 0 Å². The fourth-order valence-electron chi connectivity index (χ4n) is 3.59. The van der Waals surface area contributed by atoms with Gasteiger partial charge < -0.3 is 10.3 Å². The predicted molar refractivity (Wildman–Crippen MR) is 99.4 cm³/mol. The smallest absolute Gasteiger partial charge is 0.247 e. The van der Waals surface area contributed by atoms with Crippen LogP contribution in [0.3, 0.4) is 0 Å². The molecule has 2 aromatic rings. The number of aryl methyl sites for hydroxylation is 2. The Morgan fingerprint density at radius 2 is 2.04 bits per heavy atom. The maximum absolute atomic E-state index is 12.5. The third-order valence-electron chi connectivity index (χ3n) is 5.08. The average molecular weight is 338 g/mol. The van der Waals surface area contributed by atoms with Gasteiger partial charge in [-0.15, -0.1) is 0 Å². The van der Waals surface area contributed by atoms with Gasteiger partial charge in [0.2, 0.25) is 11.5 Å². The number of amides is 1. The maximum Gasteiger partial charge on any atom is 0.247 e. The van der Waals surface area contributed by atoms with Gasteiger partial charge in [-0.25, -0.2) is 0 Å². The highest BCUT2D eigenvalue weighted by Crippen LogP contribution is 2.39. The van der Waals surface area contributed by atoms with Crippen LogP contribution in [0.25, 0.3) is 0 Å². The molecule has 0 spiro atoms. The van der Waals surface area contributed by atoms with Crippen molar-refractivity contribution in [2.24, 2.45) is 5.41 Å². The number of pyridine rings is 1. The standard InChI is InChI=1S/C21H26N2O2/c1-21(2)12-11-16-5-3-4-6-17(16)18(13-21)23-20(25)10-8-15-7-9-19(24)22-14-15/h3-7,9,14,18H,8,10-13H2,1-2H3,(H,22,24)(H,23,25). The quantitative estimate of drug-likeness (QED) is 0.838. The van der Waals surface area contributed by atoms with Crippen molar-refractivity contribution >= 4 is 5.91 Å². The molecule has 1 aliphatic rings. The lowest BCUT2D eigenvalue weighted by molar-refractivity contribution is -0.122. The van der Waals surface area contributed by atoms with Crippen LogP contribution >= 0.6 is 0 Å². The third-order valence-corrected chi connectivity index (χ3v) is 5.08. The molecule has 2 N–H and O–H groups in total. The van der Waals surface area contributed by atoms with Gasteiger partial charge in [0.15, 0.2) is 0 Å². The van der Waals surface area contributed by atoms with E-state index in [0.717, 1.165) is 24.8 Å². The number of carbonyl (C=O) groups is 1. The lowest BCUT2D eigenvalue weighted by Crippen LogP contribution is -2.31. The van der Waals surface area contributed by atoms with Crippen LogP contribution < -0.4 is 10.9 Å². The van der Waals surface area contributed by atoms with Gasteiger partial charge >= 0.3 is 0 Å². The second-order valence-electron chi connectivity index (χ2n) is 7.75. The van der Waals surface area contributed by atoms with Crippen LogP contribution in [-0.2, 0) is 17.6 Å². The molecular weight excluding hydrogens is 312 g/mol. The van der Waals surface area contributed by atoms with E-state index >= 15 is 0 Å². The summed E-state index contributed by atoms with van der Waals surface area (Å²) in [6, 6.07) is 11.8. The first-order valence-electron chi connectivity index (χ1n) is 8.98. The molecule has 0 aliphatic heterocycles. The molecular formula is C21H26N2O2. The van der Waals surface area contributed by atoms with Gasteiger partial charge in [-0.3, -0.25) is 9.59 Å². The van der Waals surface area contributed by atoms with E-state index in [4.69, 9.17) is 0 Å². The van der Waals surface area contributed by atoms with Gasteiger partial charge in [0, 0.05) is 18.7 Å². The number of fused-ring (bicyclic) bond motifs is 1. The normalized spacial score (nSPS) is 18.9. The van der Waals surface area contributed by atoms with E-state index in [1.165, 1.54) is 17.2 Å². The number of hydrogen-bond acceptors (Lipinski definition) is 2. The van der Waals surface area contributed by atoms with Crippen molar-refractivity contribution < 1.29 is 4.79 Å². The Morgan fingerprint density at radius 3 is 2.80 bits per heavy atom. The zero-order valence-corrected chi connectivity index (χ0v) is 15.0. The molecule has 132 valence electrons. The highest BCUT2D eigenvalue weighted by atomic mass is 16.1. The molecule has 4 nitrogen and oxygen atoms in total. The van der Waals surface area contributed by atoms with Crippen molar-refractivity contribution in [2.45, 2.75) is 52.0 Å². The van der Waals surface area contributed by atoms with Crippen molar-refractivity contribution in [1.29, 1.82) is 0 Å². The Bertz CT molecular complexity index is 787. The molecule has 1 heterocycles. The van der Waals surface area contributed by atoms with Gasteiger partial charge in [-0.05, 0) is 47.8 Å². The van der Waals surface area contributed by atoms with Gasteiger partial charge in [0.1, 0.15) is 0 Å². The van der Waals surface area contributed by atoms with E-state index in [-0.39, 0.29) is 22.9 Å². The molecule has 0 radical (unpaired) electrons. The molecule has 0 saturated carbocycles. The van der Waals surface area contributed by atoms with E-state index in [2.05, 4.69) is 48.4 Å². The summed E-state index contributed by atoms with van der Waals surface area (Å²) in [6.07, 6.45) is 5.88. The second kappa shape index (κ2) is 7.26. The summed E-state index contributed by atoms with van der Waals surface area (Å²) >= 11 is 0. The van der Waals surface area contributed by atoms with Crippen LogP contribution in [0.5, 0.6) is 0 Å². The first-order chi connectivity index (χ1) is 11.9. The monoisotopic (exact) mass is 338 g/mol. The van der Waals surface area contributed by atoms with Crippen molar-refractivity contribution in [3.63, 3.8) is 0 Å². The van der Waals surface area contributed by atoms with Crippen LogP contribution in [0.2, 0.25) is 0 Å². The van der Waals surface area contributed by atoms with Crippen molar-refractivity contribution in [3.8, 4) is 0 Å². The SMILES string of the molecule is CC1(C)CCc2ccccc2C(NC(=O)CCc2ccc(=O)[nH]c2)C1. The van der Waals surface area contributed by atoms with Crippen LogP contribution in [0, 0.1) is 5.41 Å². The summed E-state index contributed by atoms with van der Waals surface area (Å²) in [4.78, 5) is 26.2. The van der Waals surface area contributed by atoms with E-state index in [1.54, 1.807) is 12.3 Å². The number of aromatic nitrogens is 1. The Morgan fingerprint density at radius 1 is 1.24 bits per heavy atom. The van der Waals surface area contributed by atoms with Crippen molar-refractivity contribution in [3.05, 3.63) is 69.6 Å². The number of hydrogen-bond donors (Lipinski definition) is 2. The highest BCUT2D eigenvalue weighted by Gasteiger charge is 2.30. The molecule has 25 heavy (non-hydrogen) atoms. The third kappa shape index (κ3) is 4.59.